The molecule has 1 amide bonds. The van der Waals surface area contributed by atoms with Gasteiger partial charge in [0, 0.05) is 18.8 Å². The van der Waals surface area contributed by atoms with E-state index in [1.807, 2.05) is 13.8 Å². The molecule has 0 aromatic heterocycles. The van der Waals surface area contributed by atoms with Crippen molar-refractivity contribution in [2.45, 2.75) is 59.2 Å². The quantitative estimate of drug-likeness (QED) is 0.737. The van der Waals surface area contributed by atoms with Gasteiger partial charge in [-0.2, -0.15) is 0 Å². The van der Waals surface area contributed by atoms with Crippen LogP contribution in [-0.2, 0) is 20.8 Å². The number of ether oxygens (including phenoxy) is 3. The number of fused-ring (bicyclic) bond motifs is 1. The number of esters is 1. The van der Waals surface area contributed by atoms with E-state index in [1.54, 1.807) is 18.7 Å². The van der Waals surface area contributed by atoms with Gasteiger partial charge in [0.25, 0.3) is 0 Å². The molecular weight excluding hydrogens is 365 g/mol. The predicted molar refractivity (Wildman–Crippen MR) is 101 cm³/mol. The summed E-state index contributed by atoms with van der Waals surface area (Å²) in [4.78, 5) is 27.1. The summed E-state index contributed by atoms with van der Waals surface area (Å²) in [5.74, 6) is -0.894. The van der Waals surface area contributed by atoms with Crippen LogP contribution in [0.3, 0.4) is 0 Å². The zero-order chi connectivity index (χ0) is 20.5. The maximum atomic E-state index is 14.9. The fourth-order valence-corrected chi connectivity index (χ4v) is 3.57. The van der Waals surface area contributed by atoms with Crippen molar-refractivity contribution in [3.8, 4) is 5.75 Å². The highest BCUT2D eigenvalue weighted by Gasteiger charge is 2.41. The summed E-state index contributed by atoms with van der Waals surface area (Å²) in [6.45, 7) is 8.73. The van der Waals surface area contributed by atoms with Crippen molar-refractivity contribution in [2.75, 3.05) is 19.8 Å². The maximum absolute atomic E-state index is 14.9. The second-order valence-corrected chi connectivity index (χ2v) is 8.15. The molecule has 1 aromatic rings. The lowest BCUT2D eigenvalue weighted by molar-refractivity contribution is -0.149. The molecule has 154 valence electrons. The van der Waals surface area contributed by atoms with Gasteiger partial charge in [-0.15, -0.1) is 0 Å². The second-order valence-electron chi connectivity index (χ2n) is 8.15. The van der Waals surface area contributed by atoms with E-state index in [1.165, 1.54) is 6.07 Å². The molecule has 0 saturated carbocycles. The van der Waals surface area contributed by atoms with Crippen LogP contribution in [0.4, 0.5) is 4.39 Å². The molecule has 0 bridgehead atoms. The van der Waals surface area contributed by atoms with Crippen LogP contribution in [0.25, 0.3) is 0 Å². The summed E-state index contributed by atoms with van der Waals surface area (Å²) < 4.78 is 31.2. The highest BCUT2D eigenvalue weighted by molar-refractivity contribution is 5.90. The molecule has 2 aliphatic heterocycles. The predicted octanol–water partition coefficient (Wildman–Crippen LogP) is 3.32. The topological polar surface area (TPSA) is 65.1 Å². The summed E-state index contributed by atoms with van der Waals surface area (Å²) in [6.07, 6.45) is 0.986. The van der Waals surface area contributed by atoms with E-state index in [9.17, 15) is 14.0 Å². The van der Waals surface area contributed by atoms with Gasteiger partial charge in [0.05, 0.1) is 29.7 Å². The fraction of sp³-hybridized carbons (Fsp3) is 0.619. The van der Waals surface area contributed by atoms with Crippen LogP contribution in [0, 0.1) is 11.2 Å². The number of hydrogen-bond donors (Lipinski definition) is 0. The summed E-state index contributed by atoms with van der Waals surface area (Å²) in [6, 6.07) is 2.44. The highest BCUT2D eigenvalue weighted by Crippen LogP contribution is 2.36. The van der Waals surface area contributed by atoms with Crippen LogP contribution in [0.1, 0.15) is 56.5 Å². The lowest BCUT2D eigenvalue weighted by Crippen LogP contribution is -2.49. The fourth-order valence-electron chi connectivity index (χ4n) is 3.57. The van der Waals surface area contributed by atoms with E-state index >= 15 is 0 Å². The van der Waals surface area contributed by atoms with Crippen LogP contribution in [0.15, 0.2) is 12.1 Å². The number of benzene rings is 1. The lowest BCUT2D eigenvalue weighted by Gasteiger charge is -2.38. The average Bonchev–Trinajstić information content (AvgIpc) is 2.80. The number of rotatable bonds is 3. The number of hydrogen-bond acceptors (Lipinski definition) is 5. The lowest BCUT2D eigenvalue weighted by atomic mass is 9.80. The van der Waals surface area contributed by atoms with E-state index in [0.717, 1.165) is 6.07 Å². The summed E-state index contributed by atoms with van der Waals surface area (Å²) >= 11 is 0. The smallest absolute Gasteiger partial charge is 0.338 e. The Labute approximate surface area is 164 Å². The van der Waals surface area contributed by atoms with Crippen molar-refractivity contribution < 1.29 is 28.2 Å². The minimum atomic E-state index is -0.597. The summed E-state index contributed by atoms with van der Waals surface area (Å²) in [5.41, 5.74) is -0.127. The molecule has 1 saturated heterocycles. The Bertz CT molecular complexity index is 757. The number of carbonyl (C=O) groups excluding carboxylic acids is 2. The van der Waals surface area contributed by atoms with Crippen LogP contribution < -0.4 is 4.74 Å². The first-order valence-corrected chi connectivity index (χ1v) is 9.76. The molecule has 3 rings (SSSR count). The third-order valence-corrected chi connectivity index (χ3v) is 5.45. The summed E-state index contributed by atoms with van der Waals surface area (Å²) in [5, 5.41) is 0. The van der Waals surface area contributed by atoms with Gasteiger partial charge in [-0.05, 0) is 45.7 Å². The average molecular weight is 393 g/mol. The molecule has 0 N–H and O–H groups in total. The molecule has 0 radical (unpaired) electrons. The minimum absolute atomic E-state index is 0.0116. The number of nitrogens with zero attached hydrogens (tertiary/aromatic N) is 1. The Morgan fingerprint density at radius 1 is 1.29 bits per heavy atom. The van der Waals surface area contributed by atoms with E-state index in [0.29, 0.717) is 26.1 Å². The third-order valence-electron chi connectivity index (χ3n) is 5.45. The molecule has 6 nitrogen and oxygen atoms in total. The molecule has 1 aromatic carbocycles. The highest BCUT2D eigenvalue weighted by atomic mass is 19.1. The Kier molecular flexibility index (Phi) is 5.93. The SMILES string of the molecule is CC(C)OC(=O)c1cc(F)c2c(c1)OC[C@H](C)N(C(=O)C1(C)CCOCC1)C2. The Balaban J connectivity index is 1.88. The maximum Gasteiger partial charge on any atom is 0.338 e. The monoisotopic (exact) mass is 393 g/mol. The number of amides is 1. The van der Waals surface area contributed by atoms with E-state index in [2.05, 4.69) is 0 Å². The van der Waals surface area contributed by atoms with Crippen LogP contribution in [0.5, 0.6) is 5.75 Å². The molecule has 0 unspecified atom stereocenters. The normalized spacial score (nSPS) is 21.5. The Hall–Kier alpha value is -2.15. The Morgan fingerprint density at radius 3 is 2.61 bits per heavy atom. The zero-order valence-corrected chi connectivity index (χ0v) is 16.9. The third kappa shape index (κ3) is 4.14. The van der Waals surface area contributed by atoms with Crippen molar-refractivity contribution >= 4 is 11.9 Å². The van der Waals surface area contributed by atoms with Crippen LogP contribution in [0.2, 0.25) is 0 Å². The van der Waals surface area contributed by atoms with Gasteiger partial charge in [0.2, 0.25) is 5.91 Å². The van der Waals surface area contributed by atoms with E-state index < -0.39 is 17.2 Å². The first kappa shape index (κ1) is 20.6. The molecule has 2 heterocycles. The summed E-state index contributed by atoms with van der Waals surface area (Å²) in [7, 11) is 0. The van der Waals surface area contributed by atoms with E-state index in [4.69, 9.17) is 14.2 Å². The molecule has 28 heavy (non-hydrogen) atoms. The van der Waals surface area contributed by atoms with Crippen molar-refractivity contribution in [2.24, 2.45) is 5.41 Å². The number of carbonyl (C=O) groups is 2. The van der Waals surface area contributed by atoms with Gasteiger partial charge in [0.15, 0.2) is 0 Å². The van der Waals surface area contributed by atoms with E-state index in [-0.39, 0.29) is 48.1 Å². The van der Waals surface area contributed by atoms with Crippen LogP contribution >= 0.6 is 0 Å². The van der Waals surface area contributed by atoms with Crippen molar-refractivity contribution in [1.82, 2.24) is 4.90 Å². The molecular formula is C21H28FNO5. The van der Waals surface area contributed by atoms with Crippen molar-refractivity contribution in [3.05, 3.63) is 29.1 Å². The van der Waals surface area contributed by atoms with Crippen LogP contribution in [-0.4, -0.2) is 48.7 Å². The molecule has 1 fully saturated rings. The molecule has 0 aliphatic carbocycles. The van der Waals surface area contributed by atoms with Crippen molar-refractivity contribution in [1.29, 1.82) is 0 Å². The Morgan fingerprint density at radius 2 is 1.96 bits per heavy atom. The van der Waals surface area contributed by atoms with Gasteiger partial charge in [-0.3, -0.25) is 4.79 Å². The second kappa shape index (κ2) is 8.07. The molecule has 7 heteroatoms. The van der Waals surface area contributed by atoms with Gasteiger partial charge in [0.1, 0.15) is 18.2 Å². The number of halogens is 1. The van der Waals surface area contributed by atoms with Gasteiger partial charge < -0.3 is 19.1 Å². The largest absolute Gasteiger partial charge is 0.491 e. The van der Waals surface area contributed by atoms with Crippen molar-refractivity contribution in [3.63, 3.8) is 0 Å². The molecule has 0 spiro atoms. The standard InChI is InChI=1S/C21H28FNO5/c1-13(2)28-19(24)15-9-17(22)16-11-23(14(3)12-27-18(16)10-15)20(25)21(4)5-7-26-8-6-21/h9-10,13-14H,5-8,11-12H2,1-4H3/t14-/m0/s1. The molecule has 2 aliphatic rings. The van der Waals surface area contributed by atoms with Gasteiger partial charge in [-0.25, -0.2) is 9.18 Å². The first-order valence-electron chi connectivity index (χ1n) is 9.76. The van der Waals surface area contributed by atoms with Gasteiger partial charge in [-0.1, -0.05) is 6.92 Å². The first-order chi connectivity index (χ1) is 13.2. The minimum Gasteiger partial charge on any atom is -0.491 e. The van der Waals surface area contributed by atoms with Gasteiger partial charge >= 0.3 is 5.97 Å². The molecule has 1 atom stereocenters. The zero-order valence-electron chi connectivity index (χ0n) is 16.9.